The Balaban J connectivity index is 1.82. The molecule has 0 fully saturated rings. The van der Waals surface area contributed by atoms with E-state index < -0.39 is 26.5 Å². The maximum Gasteiger partial charge on any atom is 0.358 e. The molecule has 7 nitrogen and oxygen atoms in total. The van der Waals surface area contributed by atoms with Gasteiger partial charge in [0.2, 0.25) is 0 Å². The Labute approximate surface area is 184 Å². The highest BCUT2D eigenvalue weighted by atomic mass is 32.2. The Morgan fingerprint density at radius 3 is 2.41 bits per heavy atom. The van der Waals surface area contributed by atoms with E-state index in [1.165, 1.54) is 16.8 Å². The third-order valence-electron chi connectivity index (χ3n) is 4.74. The van der Waals surface area contributed by atoms with Gasteiger partial charge >= 0.3 is 5.97 Å². The smallest absolute Gasteiger partial charge is 0.358 e. The highest BCUT2D eigenvalue weighted by Crippen LogP contribution is 2.29. The number of carbonyl (C=O) groups is 1. The Kier molecular flexibility index (Phi) is 5.67. The van der Waals surface area contributed by atoms with Gasteiger partial charge in [-0.1, -0.05) is 24.3 Å². The molecule has 164 valence electrons. The van der Waals surface area contributed by atoms with Crippen LogP contribution in [0.1, 0.15) is 17.4 Å². The minimum absolute atomic E-state index is 0.0459. The molecule has 0 aliphatic heterocycles. The minimum atomic E-state index is -3.72. The van der Waals surface area contributed by atoms with E-state index in [0.29, 0.717) is 17.0 Å². The first-order valence-corrected chi connectivity index (χ1v) is 11.6. The molecule has 0 unspecified atom stereocenters. The summed E-state index contributed by atoms with van der Waals surface area (Å²) >= 11 is 0. The lowest BCUT2D eigenvalue weighted by atomic mass is 10.1. The van der Waals surface area contributed by atoms with Gasteiger partial charge in [0.05, 0.1) is 24.3 Å². The number of esters is 1. The SMILES string of the molecule is CCOC(=O)c1cc(-c2ccc(-c3ccco3)cc2)n(-c2ccc(S(C)(=O)=O)c(F)c2)n1. The molecule has 0 amide bonds. The lowest BCUT2D eigenvalue weighted by molar-refractivity contribution is 0.0519. The predicted molar refractivity (Wildman–Crippen MR) is 116 cm³/mol. The van der Waals surface area contributed by atoms with Gasteiger partial charge in [-0.15, -0.1) is 0 Å². The number of rotatable bonds is 6. The monoisotopic (exact) mass is 454 g/mol. The van der Waals surface area contributed by atoms with E-state index in [1.54, 1.807) is 25.3 Å². The molecule has 0 N–H and O–H groups in total. The summed E-state index contributed by atoms with van der Waals surface area (Å²) in [5, 5.41) is 4.29. The van der Waals surface area contributed by atoms with Crippen molar-refractivity contribution in [2.75, 3.05) is 12.9 Å². The van der Waals surface area contributed by atoms with E-state index in [1.807, 2.05) is 30.3 Å². The third-order valence-corrected chi connectivity index (χ3v) is 5.87. The molecular weight excluding hydrogens is 435 g/mol. The highest BCUT2D eigenvalue weighted by Gasteiger charge is 2.20. The molecule has 9 heteroatoms. The number of nitrogens with zero attached hydrogens (tertiary/aromatic N) is 2. The number of aromatic nitrogens is 2. The Hall–Kier alpha value is -3.72. The van der Waals surface area contributed by atoms with E-state index in [4.69, 9.17) is 9.15 Å². The van der Waals surface area contributed by atoms with Crippen molar-refractivity contribution >= 4 is 15.8 Å². The van der Waals surface area contributed by atoms with Gasteiger partial charge in [0.25, 0.3) is 0 Å². The molecule has 0 saturated carbocycles. The number of carbonyl (C=O) groups excluding carboxylic acids is 1. The highest BCUT2D eigenvalue weighted by molar-refractivity contribution is 7.90. The maximum atomic E-state index is 14.5. The van der Waals surface area contributed by atoms with Crippen molar-refractivity contribution in [1.29, 1.82) is 0 Å². The van der Waals surface area contributed by atoms with Crippen molar-refractivity contribution in [2.24, 2.45) is 0 Å². The molecular formula is C23H19FN2O5S. The van der Waals surface area contributed by atoms with Crippen molar-refractivity contribution in [1.82, 2.24) is 9.78 Å². The van der Waals surface area contributed by atoms with Gasteiger partial charge in [0.15, 0.2) is 15.5 Å². The van der Waals surface area contributed by atoms with Crippen molar-refractivity contribution in [3.8, 4) is 28.3 Å². The lowest BCUT2D eigenvalue weighted by Crippen LogP contribution is -2.07. The van der Waals surface area contributed by atoms with Crippen LogP contribution < -0.4 is 0 Å². The number of ether oxygens (including phenoxy) is 1. The van der Waals surface area contributed by atoms with Gasteiger partial charge < -0.3 is 9.15 Å². The summed E-state index contributed by atoms with van der Waals surface area (Å²) in [6.07, 6.45) is 2.52. The van der Waals surface area contributed by atoms with Crippen LogP contribution >= 0.6 is 0 Å². The second kappa shape index (κ2) is 8.43. The maximum absolute atomic E-state index is 14.5. The second-order valence-electron chi connectivity index (χ2n) is 6.99. The molecule has 0 saturated heterocycles. The van der Waals surface area contributed by atoms with E-state index in [-0.39, 0.29) is 18.0 Å². The van der Waals surface area contributed by atoms with Gasteiger partial charge in [-0.3, -0.25) is 0 Å². The number of furan rings is 1. The number of hydrogen-bond acceptors (Lipinski definition) is 6. The molecule has 0 spiro atoms. The second-order valence-corrected chi connectivity index (χ2v) is 8.97. The van der Waals surface area contributed by atoms with Crippen LogP contribution in [-0.4, -0.2) is 37.0 Å². The van der Waals surface area contributed by atoms with Crippen LogP contribution in [0.3, 0.4) is 0 Å². The fraction of sp³-hybridized carbons (Fsp3) is 0.130. The molecule has 2 aromatic carbocycles. The molecule has 0 radical (unpaired) electrons. The largest absolute Gasteiger partial charge is 0.464 e. The molecule has 0 atom stereocenters. The molecule has 2 heterocycles. The molecule has 2 aromatic heterocycles. The Morgan fingerprint density at radius 2 is 1.81 bits per heavy atom. The van der Waals surface area contributed by atoms with Gasteiger partial charge in [-0.2, -0.15) is 5.10 Å². The Bertz CT molecular complexity index is 1370. The molecule has 4 aromatic rings. The van der Waals surface area contributed by atoms with Crippen LogP contribution in [-0.2, 0) is 14.6 Å². The average molecular weight is 454 g/mol. The molecule has 4 rings (SSSR count). The summed E-state index contributed by atoms with van der Waals surface area (Å²) in [6, 6.07) is 16.2. The summed E-state index contributed by atoms with van der Waals surface area (Å²) in [5.41, 5.74) is 2.38. The average Bonchev–Trinajstić information content (AvgIpc) is 3.43. The van der Waals surface area contributed by atoms with E-state index in [9.17, 15) is 17.6 Å². The fourth-order valence-electron chi connectivity index (χ4n) is 3.26. The zero-order chi connectivity index (χ0) is 22.9. The van der Waals surface area contributed by atoms with Crippen molar-refractivity contribution < 1.29 is 26.8 Å². The van der Waals surface area contributed by atoms with Crippen LogP contribution in [0.5, 0.6) is 0 Å². The Morgan fingerprint density at radius 1 is 1.09 bits per heavy atom. The first kappa shape index (κ1) is 21.5. The summed E-state index contributed by atoms with van der Waals surface area (Å²) in [5.74, 6) is -0.819. The summed E-state index contributed by atoms with van der Waals surface area (Å²) in [7, 11) is -3.72. The summed E-state index contributed by atoms with van der Waals surface area (Å²) < 4.78 is 49.9. The van der Waals surface area contributed by atoms with E-state index >= 15 is 0 Å². The molecule has 0 bridgehead atoms. The molecule has 0 aliphatic rings. The van der Waals surface area contributed by atoms with Crippen LogP contribution in [0, 0.1) is 5.82 Å². The zero-order valence-electron chi connectivity index (χ0n) is 17.3. The molecule has 0 aliphatic carbocycles. The van der Waals surface area contributed by atoms with Gasteiger partial charge in [0, 0.05) is 23.4 Å². The van der Waals surface area contributed by atoms with Crippen LogP contribution in [0.4, 0.5) is 4.39 Å². The summed E-state index contributed by atoms with van der Waals surface area (Å²) in [6.45, 7) is 1.86. The standard InChI is InChI=1S/C23H19FN2O5S/c1-3-30-23(27)19-14-20(15-6-8-16(9-7-15)21-5-4-12-31-21)26(25-19)17-10-11-22(18(24)13-17)32(2,28)29/h4-14H,3H2,1-2H3. The van der Waals surface area contributed by atoms with Crippen LogP contribution in [0.2, 0.25) is 0 Å². The number of sulfone groups is 1. The van der Waals surface area contributed by atoms with Crippen LogP contribution in [0.25, 0.3) is 28.3 Å². The van der Waals surface area contributed by atoms with Gasteiger partial charge in [0.1, 0.15) is 16.5 Å². The van der Waals surface area contributed by atoms with Gasteiger partial charge in [-0.25, -0.2) is 22.3 Å². The minimum Gasteiger partial charge on any atom is -0.464 e. The number of halogens is 1. The van der Waals surface area contributed by atoms with E-state index in [0.717, 1.165) is 17.9 Å². The number of hydrogen-bond donors (Lipinski definition) is 0. The predicted octanol–water partition coefficient (Wildman–Crippen LogP) is 4.52. The first-order chi connectivity index (χ1) is 15.3. The third kappa shape index (κ3) is 4.19. The normalized spacial score (nSPS) is 11.5. The first-order valence-electron chi connectivity index (χ1n) is 9.69. The zero-order valence-corrected chi connectivity index (χ0v) is 18.1. The molecule has 32 heavy (non-hydrogen) atoms. The van der Waals surface area contributed by atoms with Crippen LogP contribution in [0.15, 0.2) is 76.2 Å². The summed E-state index contributed by atoms with van der Waals surface area (Å²) in [4.78, 5) is 11.9. The quantitative estimate of drug-likeness (QED) is 0.398. The fourth-order valence-corrected chi connectivity index (χ4v) is 3.99. The van der Waals surface area contributed by atoms with Gasteiger partial charge in [-0.05, 0) is 37.3 Å². The number of benzene rings is 2. The van der Waals surface area contributed by atoms with Crippen molar-refractivity contribution in [3.63, 3.8) is 0 Å². The van der Waals surface area contributed by atoms with Crippen molar-refractivity contribution in [2.45, 2.75) is 11.8 Å². The van der Waals surface area contributed by atoms with Crippen molar-refractivity contribution in [3.05, 3.63) is 78.4 Å². The van der Waals surface area contributed by atoms with E-state index in [2.05, 4.69) is 5.10 Å². The topological polar surface area (TPSA) is 91.4 Å². The lowest BCUT2D eigenvalue weighted by Gasteiger charge is -2.10.